The molecule has 0 aliphatic carbocycles. The number of hydrogen-bond acceptors (Lipinski definition) is 11. The molecule has 42 heavy (non-hydrogen) atoms. The molecule has 0 spiro atoms. The number of fused-ring (bicyclic) bond motifs is 1. The van der Waals surface area contributed by atoms with Crippen molar-refractivity contribution in [2.45, 2.75) is 128 Å². The van der Waals surface area contributed by atoms with Crippen LogP contribution >= 0.6 is 0 Å². The van der Waals surface area contributed by atoms with Crippen molar-refractivity contribution < 1.29 is 48.7 Å². The van der Waals surface area contributed by atoms with E-state index >= 15 is 0 Å². The van der Waals surface area contributed by atoms with Gasteiger partial charge in [-0.25, -0.2) is 0 Å². The first kappa shape index (κ1) is 34.8. The number of hydrogen-bond donors (Lipinski definition) is 3. The lowest BCUT2D eigenvalue weighted by molar-refractivity contribution is -0.304. The number of cyclic esters (lactones) is 1. The van der Waals surface area contributed by atoms with Crippen LogP contribution in [0.3, 0.4) is 0 Å². The van der Waals surface area contributed by atoms with E-state index in [1.165, 1.54) is 6.08 Å². The van der Waals surface area contributed by atoms with E-state index in [0.29, 0.717) is 6.42 Å². The van der Waals surface area contributed by atoms with E-state index in [1.807, 2.05) is 20.8 Å². The fourth-order valence-electron chi connectivity index (χ4n) is 6.58. The zero-order chi connectivity index (χ0) is 31.5. The fraction of sp³-hybridized carbons (Fsp3) is 0.839. The number of allylic oxidation sites excluding steroid dienone is 1. The maximum Gasteiger partial charge on any atom is 0.308 e. The molecule has 0 aromatic carbocycles. The molecule has 3 aliphatic rings. The SMILES string of the molecule is CC[C@H]1OC(=O)C[C@@H](O)[C@H](C)[C@H](O[C@@H]2O[C@H](C)[C@@H](O)[C@H](N(C)C)[C@H]2O)[C@@H](CC=O)C[C@@H](C)C(=O)/C=C/[C@]2(C)O[C@H]2[C@@H]1C. The van der Waals surface area contributed by atoms with Gasteiger partial charge in [0.15, 0.2) is 12.1 Å². The number of nitrogens with zero attached hydrogens (tertiary/aromatic N) is 1. The fourth-order valence-corrected chi connectivity index (χ4v) is 6.58. The van der Waals surface area contributed by atoms with Gasteiger partial charge in [-0.05, 0) is 58.9 Å². The predicted molar refractivity (Wildman–Crippen MR) is 153 cm³/mol. The second kappa shape index (κ2) is 14.4. The van der Waals surface area contributed by atoms with Gasteiger partial charge < -0.3 is 44.0 Å². The highest BCUT2D eigenvalue weighted by Crippen LogP contribution is 2.45. The third-order valence-electron chi connectivity index (χ3n) is 9.42. The Morgan fingerprint density at radius 1 is 1.10 bits per heavy atom. The van der Waals surface area contributed by atoms with Gasteiger partial charge >= 0.3 is 5.97 Å². The molecule has 0 aromatic rings. The van der Waals surface area contributed by atoms with Crippen molar-refractivity contribution in [1.82, 2.24) is 4.90 Å². The first-order chi connectivity index (χ1) is 19.6. The molecular weight excluding hydrogens is 546 g/mol. The number of epoxide rings is 1. The summed E-state index contributed by atoms with van der Waals surface area (Å²) in [6.07, 6.45) is -2.34. The molecule has 11 heteroatoms. The monoisotopic (exact) mass is 597 g/mol. The minimum absolute atomic E-state index is 0.0178. The van der Waals surface area contributed by atoms with Gasteiger partial charge in [0.25, 0.3) is 0 Å². The summed E-state index contributed by atoms with van der Waals surface area (Å²) in [6, 6.07) is -0.696. The van der Waals surface area contributed by atoms with E-state index in [2.05, 4.69) is 0 Å². The Labute approximate surface area is 249 Å². The van der Waals surface area contributed by atoms with E-state index in [4.69, 9.17) is 18.9 Å². The summed E-state index contributed by atoms with van der Waals surface area (Å²) in [7, 11) is 3.46. The first-order valence-electron chi connectivity index (χ1n) is 15.2. The highest BCUT2D eigenvalue weighted by atomic mass is 16.7. The van der Waals surface area contributed by atoms with E-state index < -0.39 is 78.3 Å². The lowest BCUT2D eigenvalue weighted by Crippen LogP contribution is -2.63. The Kier molecular flexibility index (Phi) is 11.9. The van der Waals surface area contributed by atoms with Gasteiger partial charge in [0, 0.05) is 24.2 Å². The molecule has 14 atom stereocenters. The van der Waals surface area contributed by atoms with Crippen molar-refractivity contribution in [2.24, 2.45) is 23.7 Å². The maximum atomic E-state index is 13.2. The Morgan fingerprint density at radius 2 is 1.76 bits per heavy atom. The number of aliphatic hydroxyl groups excluding tert-OH is 3. The number of aliphatic hydroxyl groups is 3. The molecule has 0 radical (unpaired) electrons. The molecule has 0 saturated carbocycles. The lowest BCUT2D eigenvalue weighted by Gasteiger charge is -2.46. The second-order valence-corrected chi connectivity index (χ2v) is 12.9. The Hall–Kier alpha value is -1.73. The van der Waals surface area contributed by atoms with Crippen molar-refractivity contribution in [2.75, 3.05) is 14.1 Å². The van der Waals surface area contributed by atoms with Crippen LogP contribution in [-0.2, 0) is 33.3 Å². The molecule has 3 rings (SSSR count). The van der Waals surface area contributed by atoms with Crippen LogP contribution in [0.5, 0.6) is 0 Å². The van der Waals surface area contributed by atoms with Crippen LogP contribution in [0.2, 0.25) is 0 Å². The van der Waals surface area contributed by atoms with Crippen LogP contribution in [-0.4, -0.2) is 113 Å². The number of likely N-dealkylation sites (N-methyl/N-ethyl adjacent to an activating group) is 1. The Balaban J connectivity index is 1.97. The minimum atomic E-state index is -1.25. The maximum absolute atomic E-state index is 13.2. The second-order valence-electron chi connectivity index (χ2n) is 12.9. The molecular formula is C31H51NO10. The number of aldehydes is 1. The van der Waals surface area contributed by atoms with Gasteiger partial charge in [0.2, 0.25) is 0 Å². The molecule has 3 N–H and O–H groups in total. The van der Waals surface area contributed by atoms with Crippen molar-refractivity contribution in [3.63, 3.8) is 0 Å². The summed E-state index contributed by atoms with van der Waals surface area (Å²) in [5.41, 5.74) is -0.660. The van der Waals surface area contributed by atoms with Gasteiger partial charge in [-0.2, -0.15) is 0 Å². The summed E-state index contributed by atoms with van der Waals surface area (Å²) in [5, 5.41) is 33.1. The number of carbonyl (C=O) groups is 3. The standard InChI is InChI=1S/C31H51NO10/c1-9-23-18(4)29-31(6,42-29)12-10-21(34)16(2)14-20(11-13-33)28(17(3)22(35)15-24(36)40-23)41-30-27(38)25(32(7)8)26(37)19(5)39-30/h10,12-13,16-20,22-23,25-30,35,37-38H,9,11,14-15H2,1-8H3/b12-10+/t16-,17+,18-,19-,20+,22-,23-,25+,26-,27-,28+,29+,30+,31+/m1/s1. The molecule has 0 aromatic heterocycles. The van der Waals surface area contributed by atoms with Crippen molar-refractivity contribution >= 4 is 18.0 Å². The molecule has 0 amide bonds. The smallest absolute Gasteiger partial charge is 0.308 e. The van der Waals surface area contributed by atoms with Gasteiger partial charge in [-0.1, -0.05) is 27.7 Å². The number of rotatable bonds is 6. The van der Waals surface area contributed by atoms with E-state index in [-0.39, 0.29) is 37.1 Å². The van der Waals surface area contributed by atoms with Gasteiger partial charge in [0.1, 0.15) is 24.1 Å². The molecule has 0 bridgehead atoms. The zero-order valence-electron chi connectivity index (χ0n) is 26.2. The lowest BCUT2D eigenvalue weighted by atomic mass is 9.79. The topological polar surface area (TPSA) is 155 Å². The van der Waals surface area contributed by atoms with E-state index in [9.17, 15) is 29.7 Å². The van der Waals surface area contributed by atoms with E-state index in [0.717, 1.165) is 6.29 Å². The van der Waals surface area contributed by atoms with Crippen molar-refractivity contribution in [3.8, 4) is 0 Å². The molecule has 3 aliphatic heterocycles. The molecule has 2 fully saturated rings. The van der Waals surface area contributed by atoms with Crippen LogP contribution in [0.4, 0.5) is 0 Å². The highest BCUT2D eigenvalue weighted by molar-refractivity contribution is 5.91. The van der Waals surface area contributed by atoms with Crippen LogP contribution in [0.1, 0.15) is 67.2 Å². The quantitative estimate of drug-likeness (QED) is 0.232. The van der Waals surface area contributed by atoms with Crippen molar-refractivity contribution in [3.05, 3.63) is 12.2 Å². The van der Waals surface area contributed by atoms with Crippen molar-refractivity contribution in [1.29, 1.82) is 0 Å². The summed E-state index contributed by atoms with van der Waals surface area (Å²) in [5.74, 6) is -2.59. The predicted octanol–water partition coefficient (Wildman–Crippen LogP) is 1.64. The van der Waals surface area contributed by atoms with Crippen LogP contribution in [0, 0.1) is 23.7 Å². The number of ether oxygens (including phenoxy) is 4. The zero-order valence-corrected chi connectivity index (χ0v) is 26.2. The van der Waals surface area contributed by atoms with Crippen LogP contribution < -0.4 is 0 Å². The molecule has 11 nitrogen and oxygen atoms in total. The normalized spacial score (nSPS) is 46.5. The molecule has 240 valence electrons. The summed E-state index contributed by atoms with van der Waals surface area (Å²) < 4.78 is 24.0. The van der Waals surface area contributed by atoms with Gasteiger partial charge in [-0.15, -0.1) is 0 Å². The van der Waals surface area contributed by atoms with Crippen LogP contribution in [0.25, 0.3) is 0 Å². The van der Waals surface area contributed by atoms with Crippen LogP contribution in [0.15, 0.2) is 12.2 Å². The third-order valence-corrected chi connectivity index (χ3v) is 9.42. The summed E-state index contributed by atoms with van der Waals surface area (Å²) >= 11 is 0. The number of esters is 1. The largest absolute Gasteiger partial charge is 0.462 e. The van der Waals surface area contributed by atoms with Gasteiger partial charge in [0.05, 0.1) is 43.0 Å². The third kappa shape index (κ3) is 7.85. The first-order valence-corrected chi connectivity index (χ1v) is 15.2. The average Bonchev–Trinajstić information content (AvgIpc) is 3.61. The van der Waals surface area contributed by atoms with Gasteiger partial charge in [-0.3, -0.25) is 9.59 Å². The average molecular weight is 598 g/mol. The Bertz CT molecular complexity index is 973. The highest BCUT2D eigenvalue weighted by Gasteiger charge is 2.55. The Morgan fingerprint density at radius 3 is 2.36 bits per heavy atom. The van der Waals surface area contributed by atoms with E-state index in [1.54, 1.807) is 45.8 Å². The minimum Gasteiger partial charge on any atom is -0.462 e. The molecule has 3 heterocycles. The molecule has 0 unspecified atom stereocenters. The molecule has 2 saturated heterocycles. The summed E-state index contributed by atoms with van der Waals surface area (Å²) in [6.45, 7) is 10.9. The summed E-state index contributed by atoms with van der Waals surface area (Å²) in [4.78, 5) is 39.8. The number of ketones is 1. The number of carbonyl (C=O) groups excluding carboxylic acids is 3.